The van der Waals surface area contributed by atoms with E-state index in [2.05, 4.69) is 15.6 Å². The number of nitrogens with zero attached hydrogens (tertiary/aromatic N) is 1. The number of nitrogens with one attached hydrogen (secondary N) is 2. The second-order valence-electron chi connectivity index (χ2n) is 6.70. The van der Waals surface area contributed by atoms with Gasteiger partial charge in [0.25, 0.3) is 11.8 Å². The van der Waals surface area contributed by atoms with Gasteiger partial charge in [-0.3, -0.25) is 9.59 Å². The van der Waals surface area contributed by atoms with Gasteiger partial charge in [-0.25, -0.2) is 4.98 Å². The van der Waals surface area contributed by atoms with Crippen LogP contribution in [-0.2, 0) is 15.8 Å². The lowest BCUT2D eigenvalue weighted by atomic mass is 10.2. The molecule has 3 rings (SSSR count). The summed E-state index contributed by atoms with van der Waals surface area (Å²) in [4.78, 5) is 28.0. The fourth-order valence-corrected chi connectivity index (χ4v) is 2.91. The predicted octanol–water partition coefficient (Wildman–Crippen LogP) is 5.44. The Morgan fingerprint density at radius 2 is 1.47 bits per heavy atom. The Balaban J connectivity index is 1.46. The number of carbonyl (C=O) groups excluding carboxylic acids is 2. The number of rotatable bonds is 8. The number of hydrogen-bond acceptors (Lipinski definition) is 5. The van der Waals surface area contributed by atoms with Crippen molar-refractivity contribution in [2.45, 2.75) is 6.18 Å². The van der Waals surface area contributed by atoms with Crippen molar-refractivity contribution in [2.24, 2.45) is 0 Å². The van der Waals surface area contributed by atoms with Crippen LogP contribution in [0.2, 0.25) is 10.0 Å². The topological polar surface area (TPSA) is 89.6 Å². The van der Waals surface area contributed by atoms with Crippen LogP contribution in [0, 0.1) is 0 Å². The molecular formula is C22H16Cl2F3N3O4. The number of alkyl halides is 3. The molecule has 2 amide bonds. The van der Waals surface area contributed by atoms with Crippen LogP contribution in [0.5, 0.6) is 11.5 Å². The van der Waals surface area contributed by atoms with Gasteiger partial charge in [0.05, 0.1) is 22.5 Å². The smallest absolute Gasteiger partial charge is 0.417 e. The third-order valence-corrected chi connectivity index (χ3v) is 4.69. The molecule has 0 fully saturated rings. The Labute approximate surface area is 201 Å². The molecule has 0 aliphatic carbocycles. The first-order chi connectivity index (χ1) is 16.1. The number of anilines is 2. The summed E-state index contributed by atoms with van der Waals surface area (Å²) in [6.45, 7) is -0.792. The number of halogens is 5. The van der Waals surface area contributed by atoms with Crippen LogP contribution < -0.4 is 20.1 Å². The molecule has 0 bridgehead atoms. The Kier molecular flexibility index (Phi) is 8.19. The minimum Gasteiger partial charge on any atom is -0.484 e. The van der Waals surface area contributed by atoms with Crippen LogP contribution in [0.4, 0.5) is 24.7 Å². The molecule has 0 aliphatic rings. The molecule has 0 unspecified atom stereocenters. The van der Waals surface area contributed by atoms with Crippen molar-refractivity contribution in [2.75, 3.05) is 23.8 Å². The van der Waals surface area contributed by atoms with Gasteiger partial charge in [-0.2, -0.15) is 13.2 Å². The molecule has 34 heavy (non-hydrogen) atoms. The lowest BCUT2D eigenvalue weighted by Crippen LogP contribution is -2.21. The monoisotopic (exact) mass is 513 g/mol. The molecule has 0 saturated heterocycles. The molecule has 2 N–H and O–H groups in total. The molecule has 7 nitrogen and oxygen atoms in total. The molecule has 1 heterocycles. The molecule has 0 saturated carbocycles. The van der Waals surface area contributed by atoms with E-state index in [0.29, 0.717) is 16.8 Å². The van der Waals surface area contributed by atoms with E-state index in [-0.39, 0.29) is 23.9 Å². The highest BCUT2D eigenvalue weighted by Crippen LogP contribution is 2.36. The molecule has 2 aromatic carbocycles. The van der Waals surface area contributed by atoms with E-state index >= 15 is 0 Å². The normalized spacial score (nSPS) is 11.0. The molecule has 3 aromatic rings. The van der Waals surface area contributed by atoms with E-state index < -0.39 is 35.2 Å². The van der Waals surface area contributed by atoms with Crippen LogP contribution in [0.15, 0.2) is 60.8 Å². The summed E-state index contributed by atoms with van der Waals surface area (Å²) in [5, 5.41) is 5.08. The lowest BCUT2D eigenvalue weighted by molar-refractivity contribution is -0.137. The van der Waals surface area contributed by atoms with Crippen molar-refractivity contribution in [3.63, 3.8) is 0 Å². The zero-order valence-electron chi connectivity index (χ0n) is 17.2. The van der Waals surface area contributed by atoms with Crippen LogP contribution in [0.25, 0.3) is 0 Å². The maximum Gasteiger partial charge on any atom is 0.417 e. The van der Waals surface area contributed by atoms with Crippen molar-refractivity contribution in [1.82, 2.24) is 4.98 Å². The fourth-order valence-electron chi connectivity index (χ4n) is 2.56. The van der Waals surface area contributed by atoms with Gasteiger partial charge in [0.2, 0.25) is 0 Å². The molecule has 178 valence electrons. The number of benzene rings is 2. The number of hydrogen-bond donors (Lipinski definition) is 2. The van der Waals surface area contributed by atoms with Gasteiger partial charge in [0, 0.05) is 5.02 Å². The van der Waals surface area contributed by atoms with E-state index in [1.54, 1.807) is 24.3 Å². The zero-order valence-corrected chi connectivity index (χ0v) is 18.7. The summed E-state index contributed by atoms with van der Waals surface area (Å²) in [6, 6.07) is 12.4. The van der Waals surface area contributed by atoms with Gasteiger partial charge in [0.15, 0.2) is 13.2 Å². The summed E-state index contributed by atoms with van der Waals surface area (Å²) >= 11 is 11.3. The minimum absolute atomic E-state index is 0.163. The number of ether oxygens (including phenoxy) is 2. The van der Waals surface area contributed by atoms with Gasteiger partial charge < -0.3 is 20.1 Å². The standard InChI is InChI=1S/C22H16Cl2F3N3O4/c23-13-1-4-15(5-2-13)33-12-21(32)30-19-8-3-14(10-28-19)29-20(31)11-34-16-6-7-18(24)17(9-16)22(25,26)27/h1-10H,11-12H2,(H,29,31)(H,28,30,32). The van der Waals surface area contributed by atoms with Gasteiger partial charge in [-0.15, -0.1) is 0 Å². The molecule has 0 aliphatic heterocycles. The Morgan fingerprint density at radius 3 is 2.09 bits per heavy atom. The van der Waals surface area contributed by atoms with Crippen molar-refractivity contribution in [3.8, 4) is 11.5 Å². The fraction of sp³-hybridized carbons (Fsp3) is 0.136. The largest absolute Gasteiger partial charge is 0.484 e. The zero-order chi connectivity index (χ0) is 24.7. The molecule has 0 radical (unpaired) electrons. The van der Waals surface area contributed by atoms with Crippen LogP contribution in [0.3, 0.4) is 0 Å². The van der Waals surface area contributed by atoms with E-state index in [1.807, 2.05) is 0 Å². The van der Waals surface area contributed by atoms with Crippen LogP contribution in [0.1, 0.15) is 5.56 Å². The second kappa shape index (κ2) is 11.1. The van der Waals surface area contributed by atoms with Crippen LogP contribution in [-0.4, -0.2) is 30.0 Å². The third kappa shape index (κ3) is 7.53. The van der Waals surface area contributed by atoms with Crippen molar-refractivity contribution in [3.05, 3.63) is 76.4 Å². The van der Waals surface area contributed by atoms with E-state index in [4.69, 9.17) is 32.7 Å². The summed E-state index contributed by atoms with van der Waals surface area (Å²) in [5.74, 6) is -0.544. The van der Waals surface area contributed by atoms with E-state index in [9.17, 15) is 22.8 Å². The average molecular weight is 514 g/mol. The lowest BCUT2D eigenvalue weighted by Gasteiger charge is -2.12. The molecule has 12 heteroatoms. The molecule has 1 aromatic heterocycles. The average Bonchev–Trinajstić information content (AvgIpc) is 2.79. The summed E-state index contributed by atoms with van der Waals surface area (Å²) in [5.41, 5.74) is -0.774. The quantitative estimate of drug-likeness (QED) is 0.418. The van der Waals surface area contributed by atoms with Crippen molar-refractivity contribution < 1.29 is 32.2 Å². The maximum absolute atomic E-state index is 12.9. The predicted molar refractivity (Wildman–Crippen MR) is 120 cm³/mol. The third-order valence-electron chi connectivity index (χ3n) is 4.11. The first-order valence-electron chi connectivity index (χ1n) is 9.54. The highest BCUT2D eigenvalue weighted by Gasteiger charge is 2.33. The van der Waals surface area contributed by atoms with Gasteiger partial charge in [0.1, 0.15) is 17.3 Å². The van der Waals surface area contributed by atoms with Crippen molar-refractivity contribution in [1.29, 1.82) is 0 Å². The minimum atomic E-state index is -4.65. The summed E-state index contributed by atoms with van der Waals surface area (Å²) in [7, 11) is 0. The highest BCUT2D eigenvalue weighted by molar-refractivity contribution is 6.31. The number of carbonyl (C=O) groups is 2. The molecular weight excluding hydrogens is 498 g/mol. The Bertz CT molecular complexity index is 1160. The van der Waals surface area contributed by atoms with E-state index in [1.165, 1.54) is 24.4 Å². The SMILES string of the molecule is O=C(COc1ccc(Cl)c(C(F)(F)F)c1)Nc1ccc(NC(=O)COc2ccc(Cl)cc2)nc1. The highest BCUT2D eigenvalue weighted by atomic mass is 35.5. The Morgan fingerprint density at radius 1 is 0.853 bits per heavy atom. The van der Waals surface area contributed by atoms with Crippen LogP contribution >= 0.6 is 23.2 Å². The van der Waals surface area contributed by atoms with Crippen molar-refractivity contribution >= 4 is 46.5 Å². The first kappa shape index (κ1) is 25.1. The van der Waals surface area contributed by atoms with Gasteiger partial charge >= 0.3 is 6.18 Å². The summed E-state index contributed by atoms with van der Waals surface area (Å²) in [6.07, 6.45) is -3.36. The van der Waals surface area contributed by atoms with Gasteiger partial charge in [-0.05, 0) is 54.6 Å². The number of aromatic nitrogens is 1. The van der Waals surface area contributed by atoms with Gasteiger partial charge in [-0.1, -0.05) is 23.2 Å². The van der Waals surface area contributed by atoms with E-state index in [0.717, 1.165) is 6.07 Å². The first-order valence-corrected chi connectivity index (χ1v) is 10.3. The number of amides is 2. The number of pyridine rings is 1. The summed E-state index contributed by atoms with van der Waals surface area (Å²) < 4.78 is 49.1. The Hall–Kier alpha value is -3.50. The molecule has 0 spiro atoms. The molecule has 0 atom stereocenters. The maximum atomic E-state index is 12.9. The second-order valence-corrected chi connectivity index (χ2v) is 7.54.